The Morgan fingerprint density at radius 3 is 1.89 bits per heavy atom. The second kappa shape index (κ2) is 13.1. The maximum atomic E-state index is 4.43. The average molecular weight is 734 g/mol. The van der Waals surface area contributed by atoms with Crippen LogP contribution in [0.1, 0.15) is 29.2 Å². The minimum Gasteiger partial charge on any atom is -0.310 e. The molecular weight excluding hydrogens is 691 g/mol. The number of anilines is 3. The highest BCUT2D eigenvalue weighted by Crippen LogP contribution is 2.55. The molecule has 0 spiro atoms. The van der Waals surface area contributed by atoms with E-state index in [1.165, 1.54) is 82.1 Å². The van der Waals surface area contributed by atoms with E-state index >= 15 is 0 Å². The van der Waals surface area contributed by atoms with E-state index in [1.807, 2.05) is 0 Å². The van der Waals surface area contributed by atoms with Crippen LogP contribution >= 0.6 is 0 Å². The standard InChI is InChI=1S/C54H43NSi/c1-5-16-45-46-21-12-14-23-51(46)54(50(45)6-2,39-18-8-7-9-19-39)40-28-31-41(32-29-40)55(42-30-27-38-26-25-37-17-10-11-20-44(37)49(38)35-42)43-33-34-48-47-22-13-15-24-52(47)56(3,4)53(48)36-43/h5-36H,2H2,1,3-4H3/b16-5-. The quantitative estimate of drug-likeness (QED) is 0.116. The first kappa shape index (κ1) is 34.0. The van der Waals surface area contributed by atoms with Crippen molar-refractivity contribution in [1.82, 2.24) is 0 Å². The third-order valence-corrected chi connectivity index (χ3v) is 16.0. The third kappa shape index (κ3) is 4.92. The van der Waals surface area contributed by atoms with Gasteiger partial charge in [-0.15, -0.1) is 0 Å². The van der Waals surface area contributed by atoms with Gasteiger partial charge in [0.2, 0.25) is 0 Å². The summed E-state index contributed by atoms with van der Waals surface area (Å²) in [7, 11) is -1.92. The molecule has 1 aliphatic carbocycles. The van der Waals surface area contributed by atoms with Gasteiger partial charge in [0.25, 0.3) is 0 Å². The van der Waals surface area contributed by atoms with Gasteiger partial charge < -0.3 is 4.90 Å². The van der Waals surface area contributed by atoms with Crippen LogP contribution in [0.4, 0.5) is 17.1 Å². The number of hydrogen-bond donors (Lipinski definition) is 0. The van der Waals surface area contributed by atoms with E-state index in [0.29, 0.717) is 0 Å². The number of allylic oxidation sites excluding steroid dienone is 5. The predicted octanol–water partition coefficient (Wildman–Crippen LogP) is 13.1. The van der Waals surface area contributed by atoms with Gasteiger partial charge in [0.05, 0.1) is 5.41 Å². The highest BCUT2D eigenvalue weighted by molar-refractivity contribution is 7.03. The number of rotatable bonds is 7. The third-order valence-electron chi connectivity index (χ3n) is 12.4. The monoisotopic (exact) mass is 733 g/mol. The molecule has 2 aliphatic rings. The van der Waals surface area contributed by atoms with Gasteiger partial charge in [0.1, 0.15) is 8.07 Å². The first-order chi connectivity index (χ1) is 27.4. The van der Waals surface area contributed by atoms with Crippen LogP contribution in [-0.2, 0) is 5.41 Å². The molecule has 1 nitrogen and oxygen atoms in total. The SMILES string of the molecule is C=CC1=C(/C=C\C)c2ccccc2C1(c1ccccc1)c1ccc(N(c2ccc3c(c2)[Si](C)(C)c2ccccc2-3)c2ccc3ccc4ccccc4c3c2)cc1. The van der Waals surface area contributed by atoms with Crippen LogP contribution in [0.3, 0.4) is 0 Å². The van der Waals surface area contributed by atoms with Crippen LogP contribution in [-0.4, -0.2) is 8.07 Å². The Morgan fingerprint density at radius 2 is 1.11 bits per heavy atom. The molecule has 0 amide bonds. The zero-order valence-electron chi connectivity index (χ0n) is 32.1. The Labute approximate surface area is 331 Å². The molecule has 0 saturated carbocycles. The predicted molar refractivity (Wildman–Crippen MR) is 243 cm³/mol. The van der Waals surface area contributed by atoms with Gasteiger partial charge in [-0.05, 0) is 120 Å². The van der Waals surface area contributed by atoms with E-state index in [9.17, 15) is 0 Å². The summed E-state index contributed by atoms with van der Waals surface area (Å²) in [5.74, 6) is 0. The Balaban J connectivity index is 1.19. The summed E-state index contributed by atoms with van der Waals surface area (Å²) in [4.78, 5) is 2.46. The number of benzene rings is 8. The van der Waals surface area contributed by atoms with Crippen molar-refractivity contribution < 1.29 is 0 Å². The average Bonchev–Trinajstić information content (AvgIpc) is 3.66. The fourth-order valence-corrected chi connectivity index (χ4v) is 13.0. The summed E-state index contributed by atoms with van der Waals surface area (Å²) in [6.45, 7) is 11.5. The maximum Gasteiger partial charge on any atom is 0.113 e. The highest BCUT2D eigenvalue weighted by atomic mass is 28.3. The largest absolute Gasteiger partial charge is 0.310 e. The van der Waals surface area contributed by atoms with Crippen molar-refractivity contribution in [2.45, 2.75) is 25.4 Å². The molecule has 1 heterocycles. The second-order valence-corrected chi connectivity index (χ2v) is 20.0. The minimum atomic E-state index is -1.92. The Bertz CT molecular complexity index is 2910. The fourth-order valence-electron chi connectivity index (χ4n) is 9.89. The molecule has 0 radical (unpaired) electrons. The van der Waals surface area contributed by atoms with Gasteiger partial charge in [-0.2, -0.15) is 0 Å². The summed E-state index contributed by atoms with van der Waals surface area (Å²) >= 11 is 0. The van der Waals surface area contributed by atoms with E-state index in [2.05, 4.69) is 226 Å². The van der Waals surface area contributed by atoms with Crippen LogP contribution in [0.5, 0.6) is 0 Å². The maximum absolute atomic E-state index is 4.43. The minimum absolute atomic E-state index is 0.519. The smallest absolute Gasteiger partial charge is 0.113 e. The van der Waals surface area contributed by atoms with Gasteiger partial charge in [-0.3, -0.25) is 0 Å². The molecule has 0 bridgehead atoms. The van der Waals surface area contributed by atoms with Crippen molar-refractivity contribution in [2.75, 3.05) is 4.90 Å². The van der Waals surface area contributed by atoms with Crippen LogP contribution in [0, 0.1) is 0 Å². The van der Waals surface area contributed by atoms with E-state index in [4.69, 9.17) is 0 Å². The van der Waals surface area contributed by atoms with Crippen molar-refractivity contribution in [3.63, 3.8) is 0 Å². The van der Waals surface area contributed by atoms with Crippen LogP contribution < -0.4 is 15.3 Å². The molecule has 8 aromatic carbocycles. The Hall–Kier alpha value is -6.48. The molecule has 0 fully saturated rings. The van der Waals surface area contributed by atoms with Crippen LogP contribution in [0.25, 0.3) is 38.2 Å². The molecule has 1 aliphatic heterocycles. The van der Waals surface area contributed by atoms with Crippen LogP contribution in [0.15, 0.2) is 206 Å². The van der Waals surface area contributed by atoms with Crippen molar-refractivity contribution in [1.29, 1.82) is 0 Å². The zero-order chi connectivity index (χ0) is 38.0. The zero-order valence-corrected chi connectivity index (χ0v) is 33.1. The molecule has 8 aromatic rings. The van der Waals surface area contributed by atoms with Gasteiger partial charge >= 0.3 is 0 Å². The lowest BCUT2D eigenvalue weighted by atomic mass is 9.67. The fraction of sp³-hybridized carbons (Fsp3) is 0.0741. The number of fused-ring (bicyclic) bond motifs is 7. The Kier molecular flexibility index (Phi) is 7.95. The molecule has 56 heavy (non-hydrogen) atoms. The first-order valence-electron chi connectivity index (χ1n) is 19.7. The molecule has 0 aromatic heterocycles. The highest BCUT2D eigenvalue weighted by Gasteiger charge is 2.46. The van der Waals surface area contributed by atoms with Crippen molar-refractivity contribution >= 4 is 62.6 Å². The summed E-state index contributed by atoms with van der Waals surface area (Å²) in [5, 5.41) is 8.03. The normalized spacial score (nSPS) is 16.6. The second-order valence-electron chi connectivity index (χ2n) is 15.7. The van der Waals surface area contributed by atoms with E-state index in [-0.39, 0.29) is 0 Å². The van der Waals surface area contributed by atoms with Crippen LogP contribution in [0.2, 0.25) is 13.1 Å². The lowest BCUT2D eigenvalue weighted by molar-refractivity contribution is 0.762. The summed E-state index contributed by atoms with van der Waals surface area (Å²) < 4.78 is 0. The molecular formula is C54H43NSi. The molecule has 268 valence electrons. The van der Waals surface area contributed by atoms with Crippen molar-refractivity contribution in [3.8, 4) is 11.1 Å². The van der Waals surface area contributed by atoms with Crippen molar-refractivity contribution in [2.24, 2.45) is 0 Å². The number of hydrogen-bond acceptors (Lipinski definition) is 1. The van der Waals surface area contributed by atoms with E-state index in [0.717, 1.165) is 11.4 Å². The molecule has 2 heteroatoms. The topological polar surface area (TPSA) is 3.24 Å². The molecule has 0 saturated heterocycles. The van der Waals surface area contributed by atoms with E-state index in [1.54, 1.807) is 0 Å². The van der Waals surface area contributed by atoms with Gasteiger partial charge in [-0.25, -0.2) is 0 Å². The Morgan fingerprint density at radius 1 is 0.518 bits per heavy atom. The van der Waals surface area contributed by atoms with E-state index < -0.39 is 13.5 Å². The summed E-state index contributed by atoms with van der Waals surface area (Å²) in [5.41, 5.74) is 13.1. The number of nitrogens with zero attached hydrogens (tertiary/aromatic N) is 1. The van der Waals surface area contributed by atoms with Gasteiger partial charge in [0, 0.05) is 17.1 Å². The molecule has 1 unspecified atom stereocenters. The lowest BCUT2D eigenvalue weighted by Crippen LogP contribution is -2.49. The summed E-state index contributed by atoms with van der Waals surface area (Å²) in [6, 6.07) is 65.6. The van der Waals surface area contributed by atoms with Gasteiger partial charge in [-0.1, -0.05) is 177 Å². The molecule has 1 atom stereocenters. The van der Waals surface area contributed by atoms with Crippen molar-refractivity contribution in [3.05, 3.63) is 229 Å². The van der Waals surface area contributed by atoms with Gasteiger partial charge in [0.15, 0.2) is 0 Å². The summed E-state index contributed by atoms with van der Waals surface area (Å²) in [6.07, 6.45) is 6.47. The molecule has 10 rings (SSSR count). The molecule has 0 N–H and O–H groups in total. The first-order valence-corrected chi connectivity index (χ1v) is 22.7. The lowest BCUT2D eigenvalue weighted by Gasteiger charge is -2.35.